The molecule has 0 fully saturated rings. The number of nitrogens with one attached hydrogen (secondary N) is 2. The number of benzene rings is 2. The molecule has 0 bridgehead atoms. The van der Waals surface area contributed by atoms with Crippen molar-refractivity contribution >= 4 is 16.6 Å². The quantitative estimate of drug-likeness (QED) is 0.423. The zero-order valence-corrected chi connectivity index (χ0v) is 17.8. The van der Waals surface area contributed by atoms with Crippen molar-refractivity contribution in [2.75, 3.05) is 6.54 Å². The van der Waals surface area contributed by atoms with Crippen LogP contribution < -0.4 is 5.56 Å². The number of nitrogens with zero attached hydrogens (tertiary/aromatic N) is 2. The van der Waals surface area contributed by atoms with Crippen molar-refractivity contribution in [3.8, 4) is 5.69 Å². The first kappa shape index (κ1) is 20.0. The highest BCUT2D eigenvalue weighted by molar-refractivity contribution is 5.99. The Bertz CT molecular complexity index is 1240. The van der Waals surface area contributed by atoms with Gasteiger partial charge in [-0.25, -0.2) is 4.68 Å². The van der Waals surface area contributed by atoms with Gasteiger partial charge in [-0.15, -0.1) is 0 Å². The van der Waals surface area contributed by atoms with Crippen LogP contribution in [0.2, 0.25) is 0 Å². The maximum atomic E-state index is 13.2. The minimum atomic E-state index is -0.0337. The van der Waals surface area contributed by atoms with Crippen LogP contribution in [0.5, 0.6) is 0 Å². The number of fused-ring (bicyclic) bond motifs is 1. The summed E-state index contributed by atoms with van der Waals surface area (Å²) in [5.41, 5.74) is 6.92. The number of para-hydroxylation sites is 1. The molecular weight excluding hydrogens is 372 g/mol. The molecule has 5 heteroatoms. The second kappa shape index (κ2) is 8.57. The number of hydrogen-bond acceptors (Lipinski definition) is 2. The third-order valence-corrected chi connectivity index (χ3v) is 5.49. The van der Waals surface area contributed by atoms with E-state index in [0.29, 0.717) is 12.1 Å². The molecule has 0 saturated carbocycles. The van der Waals surface area contributed by atoms with Crippen molar-refractivity contribution in [2.45, 2.75) is 40.0 Å². The summed E-state index contributed by atoms with van der Waals surface area (Å²) >= 11 is 0. The van der Waals surface area contributed by atoms with Crippen molar-refractivity contribution in [3.05, 3.63) is 87.5 Å². The van der Waals surface area contributed by atoms with Gasteiger partial charge in [0, 0.05) is 35.1 Å². The topological polar surface area (TPSA) is 65.9 Å². The Balaban J connectivity index is 1.61. The Morgan fingerprint density at radius 1 is 1.10 bits per heavy atom. The molecule has 0 unspecified atom stereocenters. The van der Waals surface area contributed by atoms with E-state index in [2.05, 4.69) is 48.3 Å². The summed E-state index contributed by atoms with van der Waals surface area (Å²) in [4.78, 5) is 21.3. The van der Waals surface area contributed by atoms with Gasteiger partial charge in [-0.1, -0.05) is 43.2 Å². The van der Waals surface area contributed by atoms with E-state index in [1.54, 1.807) is 4.68 Å². The number of aryl methyl sites for hydroxylation is 2. The Kier molecular flexibility index (Phi) is 5.70. The minimum absolute atomic E-state index is 0.0337. The second-order valence-electron chi connectivity index (χ2n) is 7.77. The van der Waals surface area contributed by atoms with Gasteiger partial charge >= 0.3 is 0 Å². The SMILES string of the molecule is CCCc1[nH]n(-c2ccccc2)c(=O)c1C(C)=NCCc1c[nH]c2ccc(C)cc12. The van der Waals surface area contributed by atoms with Gasteiger partial charge in [-0.3, -0.25) is 14.9 Å². The van der Waals surface area contributed by atoms with Gasteiger partial charge < -0.3 is 4.98 Å². The lowest BCUT2D eigenvalue weighted by Gasteiger charge is -2.02. The van der Waals surface area contributed by atoms with Gasteiger partial charge in [-0.2, -0.15) is 0 Å². The van der Waals surface area contributed by atoms with E-state index in [1.807, 2.05) is 37.3 Å². The van der Waals surface area contributed by atoms with Crippen molar-refractivity contribution < 1.29 is 0 Å². The normalized spacial score (nSPS) is 12.0. The average molecular weight is 401 g/mol. The standard InChI is InChI=1S/C25H28N4O/c1-4-8-23-24(25(30)29(28-23)20-9-6-5-7-10-20)18(3)26-14-13-19-16-27-22-12-11-17(2)15-21(19)22/h5-7,9-12,15-16,27-28H,4,8,13-14H2,1-3H3. The van der Waals surface area contributed by atoms with Crippen LogP contribution in [0.1, 0.15) is 42.7 Å². The molecule has 0 radical (unpaired) electrons. The highest BCUT2D eigenvalue weighted by Gasteiger charge is 2.17. The molecule has 5 nitrogen and oxygen atoms in total. The maximum Gasteiger partial charge on any atom is 0.280 e. The van der Waals surface area contributed by atoms with Crippen molar-refractivity contribution in [1.82, 2.24) is 14.8 Å². The zero-order valence-electron chi connectivity index (χ0n) is 17.8. The first-order chi connectivity index (χ1) is 14.6. The molecule has 0 spiro atoms. The predicted molar refractivity (Wildman–Crippen MR) is 124 cm³/mol. The first-order valence-electron chi connectivity index (χ1n) is 10.6. The minimum Gasteiger partial charge on any atom is -0.361 e. The molecule has 0 aliphatic carbocycles. The third kappa shape index (κ3) is 3.88. The van der Waals surface area contributed by atoms with E-state index in [0.717, 1.165) is 41.9 Å². The number of aliphatic imine (C=N–C) groups is 1. The highest BCUT2D eigenvalue weighted by atomic mass is 16.1. The molecule has 30 heavy (non-hydrogen) atoms. The van der Waals surface area contributed by atoms with Crippen LogP contribution in [0.4, 0.5) is 0 Å². The molecule has 2 aromatic carbocycles. The lowest BCUT2D eigenvalue weighted by Crippen LogP contribution is -2.20. The van der Waals surface area contributed by atoms with Crippen LogP contribution >= 0.6 is 0 Å². The van der Waals surface area contributed by atoms with Crippen LogP contribution in [0.25, 0.3) is 16.6 Å². The van der Waals surface area contributed by atoms with Crippen LogP contribution in [0.3, 0.4) is 0 Å². The monoisotopic (exact) mass is 400 g/mol. The fourth-order valence-corrected chi connectivity index (χ4v) is 3.97. The molecule has 4 aromatic rings. The molecule has 2 heterocycles. The van der Waals surface area contributed by atoms with Gasteiger partial charge in [0.25, 0.3) is 5.56 Å². The van der Waals surface area contributed by atoms with Crippen molar-refractivity contribution in [2.24, 2.45) is 4.99 Å². The molecule has 2 aromatic heterocycles. The highest BCUT2D eigenvalue weighted by Crippen LogP contribution is 2.20. The third-order valence-electron chi connectivity index (χ3n) is 5.49. The molecule has 2 N–H and O–H groups in total. The summed E-state index contributed by atoms with van der Waals surface area (Å²) in [6.07, 6.45) is 4.68. The van der Waals surface area contributed by atoms with Gasteiger partial charge in [0.1, 0.15) is 0 Å². The van der Waals surface area contributed by atoms with Crippen molar-refractivity contribution in [1.29, 1.82) is 0 Å². The van der Waals surface area contributed by atoms with Crippen molar-refractivity contribution in [3.63, 3.8) is 0 Å². The van der Waals surface area contributed by atoms with Crippen LogP contribution in [0.15, 0.2) is 64.5 Å². The van der Waals surface area contributed by atoms with E-state index in [1.165, 1.54) is 16.5 Å². The number of aromatic nitrogens is 3. The molecule has 154 valence electrons. The average Bonchev–Trinajstić information content (AvgIpc) is 3.29. The maximum absolute atomic E-state index is 13.2. The predicted octanol–water partition coefficient (Wildman–Crippen LogP) is 4.96. The Morgan fingerprint density at radius 3 is 2.67 bits per heavy atom. The number of aromatic amines is 2. The van der Waals surface area contributed by atoms with Crippen LogP contribution in [0, 0.1) is 6.92 Å². The van der Waals surface area contributed by atoms with Crippen LogP contribution in [-0.2, 0) is 12.8 Å². The Labute approximate surface area is 176 Å². The molecule has 0 aliphatic heterocycles. The largest absolute Gasteiger partial charge is 0.361 e. The zero-order chi connectivity index (χ0) is 21.1. The molecule has 4 rings (SSSR count). The number of H-pyrrole nitrogens is 2. The summed E-state index contributed by atoms with van der Waals surface area (Å²) in [5, 5.41) is 4.55. The van der Waals surface area contributed by atoms with Gasteiger partial charge in [0.15, 0.2) is 0 Å². The van der Waals surface area contributed by atoms with E-state index < -0.39 is 0 Å². The number of rotatable bonds is 7. The summed E-state index contributed by atoms with van der Waals surface area (Å²) < 4.78 is 1.63. The molecular formula is C25H28N4O. The smallest absolute Gasteiger partial charge is 0.280 e. The van der Waals surface area contributed by atoms with Gasteiger partial charge in [-0.05, 0) is 56.5 Å². The molecule has 0 amide bonds. The molecule has 0 atom stereocenters. The molecule has 0 saturated heterocycles. The Morgan fingerprint density at radius 2 is 1.90 bits per heavy atom. The number of hydrogen-bond donors (Lipinski definition) is 2. The summed E-state index contributed by atoms with van der Waals surface area (Å²) in [5.74, 6) is 0. The first-order valence-corrected chi connectivity index (χ1v) is 10.6. The summed E-state index contributed by atoms with van der Waals surface area (Å²) in [7, 11) is 0. The fourth-order valence-electron chi connectivity index (χ4n) is 3.97. The van der Waals surface area contributed by atoms with Gasteiger partial charge in [0.2, 0.25) is 0 Å². The van der Waals surface area contributed by atoms with Crippen LogP contribution in [-0.4, -0.2) is 27.0 Å². The van der Waals surface area contributed by atoms with E-state index >= 15 is 0 Å². The Hall–Kier alpha value is -3.34. The second-order valence-corrected chi connectivity index (χ2v) is 7.77. The van der Waals surface area contributed by atoms with E-state index in [-0.39, 0.29) is 5.56 Å². The summed E-state index contributed by atoms with van der Waals surface area (Å²) in [6.45, 7) is 6.82. The fraction of sp³-hybridized carbons (Fsp3) is 0.280. The van der Waals surface area contributed by atoms with Gasteiger partial charge in [0.05, 0.1) is 11.3 Å². The lowest BCUT2D eigenvalue weighted by molar-refractivity contribution is 0.793. The lowest BCUT2D eigenvalue weighted by atomic mass is 10.1. The molecule has 0 aliphatic rings. The summed E-state index contributed by atoms with van der Waals surface area (Å²) in [6, 6.07) is 16.1. The van der Waals surface area contributed by atoms with E-state index in [9.17, 15) is 4.79 Å². The van der Waals surface area contributed by atoms with E-state index in [4.69, 9.17) is 4.99 Å².